The molecule has 0 radical (unpaired) electrons. The van der Waals surface area contributed by atoms with Crippen molar-refractivity contribution < 1.29 is 24.2 Å². The summed E-state index contributed by atoms with van der Waals surface area (Å²) in [7, 11) is 0. The van der Waals surface area contributed by atoms with Crippen molar-refractivity contribution in [1.29, 1.82) is 0 Å². The van der Waals surface area contributed by atoms with Gasteiger partial charge in [0, 0.05) is 6.54 Å². The molecule has 1 amide bonds. The summed E-state index contributed by atoms with van der Waals surface area (Å²) in [5.41, 5.74) is 1.15. The van der Waals surface area contributed by atoms with E-state index >= 15 is 0 Å². The van der Waals surface area contributed by atoms with Crippen LogP contribution in [0.1, 0.15) is 5.56 Å². The Morgan fingerprint density at radius 1 is 1.33 bits per heavy atom. The summed E-state index contributed by atoms with van der Waals surface area (Å²) >= 11 is 0. The molecule has 0 aliphatic carbocycles. The number of morpholine rings is 1. The van der Waals surface area contributed by atoms with E-state index in [0.29, 0.717) is 13.2 Å². The molecule has 1 atom stereocenters. The summed E-state index contributed by atoms with van der Waals surface area (Å²) in [6.45, 7) is 1.16. The van der Waals surface area contributed by atoms with Crippen LogP contribution in [-0.2, 0) is 25.5 Å². The van der Waals surface area contributed by atoms with Crippen molar-refractivity contribution in [3.05, 3.63) is 35.9 Å². The van der Waals surface area contributed by atoms with Gasteiger partial charge >= 0.3 is 5.97 Å². The van der Waals surface area contributed by atoms with Crippen LogP contribution in [0, 0.1) is 0 Å². The molecule has 1 fully saturated rings. The fraction of sp³-hybridized carbons (Fsp3) is 0.467. The van der Waals surface area contributed by atoms with E-state index in [1.54, 1.807) is 0 Å². The maximum atomic E-state index is 11.9. The molecular formula is C15H19NO5. The quantitative estimate of drug-likeness (QED) is 0.776. The van der Waals surface area contributed by atoms with Gasteiger partial charge in [-0.25, -0.2) is 4.79 Å². The Labute approximate surface area is 123 Å². The van der Waals surface area contributed by atoms with Crippen LogP contribution >= 0.6 is 0 Å². The first kappa shape index (κ1) is 15.5. The van der Waals surface area contributed by atoms with Gasteiger partial charge in [-0.1, -0.05) is 30.3 Å². The van der Waals surface area contributed by atoms with Crippen LogP contribution < -0.4 is 0 Å². The van der Waals surface area contributed by atoms with Crippen molar-refractivity contribution >= 4 is 11.9 Å². The molecule has 1 aliphatic heterocycles. The molecule has 6 nitrogen and oxygen atoms in total. The van der Waals surface area contributed by atoms with Gasteiger partial charge in [-0.3, -0.25) is 4.79 Å². The zero-order valence-corrected chi connectivity index (χ0v) is 11.7. The Balaban J connectivity index is 1.68. The lowest BCUT2D eigenvalue weighted by molar-refractivity contribution is -0.160. The van der Waals surface area contributed by atoms with Gasteiger partial charge in [0.1, 0.15) is 6.61 Å². The fourth-order valence-corrected chi connectivity index (χ4v) is 2.11. The zero-order valence-electron chi connectivity index (χ0n) is 11.7. The predicted molar refractivity (Wildman–Crippen MR) is 74.9 cm³/mol. The maximum Gasteiger partial charge on any atom is 0.334 e. The highest BCUT2D eigenvalue weighted by Crippen LogP contribution is 2.06. The number of carbonyl (C=O) groups excluding carboxylic acids is 1. The second-order valence-electron chi connectivity index (χ2n) is 4.83. The van der Waals surface area contributed by atoms with Crippen molar-refractivity contribution in [2.24, 2.45) is 0 Å². The van der Waals surface area contributed by atoms with E-state index in [2.05, 4.69) is 0 Å². The van der Waals surface area contributed by atoms with Crippen LogP contribution in [0.4, 0.5) is 0 Å². The van der Waals surface area contributed by atoms with Gasteiger partial charge in [-0.05, 0) is 12.0 Å². The number of nitrogens with zero attached hydrogens (tertiary/aromatic N) is 1. The summed E-state index contributed by atoms with van der Waals surface area (Å²) in [4.78, 5) is 24.3. The van der Waals surface area contributed by atoms with Crippen molar-refractivity contribution in [2.45, 2.75) is 12.5 Å². The Bertz CT molecular complexity index is 476. The summed E-state index contributed by atoms with van der Waals surface area (Å²) in [6, 6.07) is 9.88. The summed E-state index contributed by atoms with van der Waals surface area (Å²) in [5.74, 6) is -1.24. The normalized spacial score (nSPS) is 18.5. The molecule has 0 aromatic heterocycles. The van der Waals surface area contributed by atoms with E-state index in [-0.39, 0.29) is 25.7 Å². The number of ether oxygens (including phenoxy) is 2. The smallest absolute Gasteiger partial charge is 0.334 e. The molecule has 1 N–H and O–H groups in total. The van der Waals surface area contributed by atoms with E-state index in [1.807, 2.05) is 30.3 Å². The lowest BCUT2D eigenvalue weighted by atomic mass is 10.2. The molecule has 1 saturated heterocycles. The highest BCUT2D eigenvalue weighted by molar-refractivity contribution is 5.79. The van der Waals surface area contributed by atoms with Crippen molar-refractivity contribution in [3.63, 3.8) is 0 Å². The number of carboxylic acids is 1. The van der Waals surface area contributed by atoms with Crippen LogP contribution in [-0.4, -0.2) is 60.9 Å². The summed E-state index contributed by atoms with van der Waals surface area (Å²) in [6.07, 6.45) is -0.193. The molecule has 6 heteroatoms. The Hall–Kier alpha value is -1.92. The second kappa shape index (κ2) is 7.75. The van der Waals surface area contributed by atoms with E-state index < -0.39 is 12.1 Å². The molecule has 1 aliphatic rings. The molecule has 1 unspecified atom stereocenters. The molecule has 21 heavy (non-hydrogen) atoms. The van der Waals surface area contributed by atoms with E-state index in [1.165, 1.54) is 4.90 Å². The van der Waals surface area contributed by atoms with E-state index in [4.69, 9.17) is 14.6 Å². The third kappa shape index (κ3) is 4.84. The standard InChI is InChI=1S/C15H19NO5/c17-14(16-7-9-21-13(10-16)15(18)19)11-20-8-6-12-4-2-1-3-5-12/h1-5,13H,6-11H2,(H,18,19). The minimum Gasteiger partial charge on any atom is -0.479 e. The lowest BCUT2D eigenvalue weighted by Crippen LogP contribution is -2.49. The summed E-state index contributed by atoms with van der Waals surface area (Å²) in [5, 5.41) is 8.88. The van der Waals surface area contributed by atoms with Crippen molar-refractivity contribution in [1.82, 2.24) is 4.90 Å². The molecule has 0 bridgehead atoms. The van der Waals surface area contributed by atoms with Crippen LogP contribution in [0.2, 0.25) is 0 Å². The third-order valence-corrected chi connectivity index (χ3v) is 3.30. The highest BCUT2D eigenvalue weighted by Gasteiger charge is 2.28. The van der Waals surface area contributed by atoms with Gasteiger partial charge in [-0.15, -0.1) is 0 Å². The topological polar surface area (TPSA) is 76.1 Å². The van der Waals surface area contributed by atoms with Gasteiger partial charge in [0.15, 0.2) is 6.10 Å². The number of rotatable bonds is 6. The molecule has 0 spiro atoms. The molecule has 1 heterocycles. The number of aliphatic carboxylic acids is 1. The number of carboxylic acid groups (broad SMARTS) is 1. The Morgan fingerprint density at radius 3 is 2.81 bits per heavy atom. The minimum absolute atomic E-state index is 0.0286. The van der Waals surface area contributed by atoms with Crippen LogP contribution in [0.3, 0.4) is 0 Å². The predicted octanol–water partition coefficient (Wildman–Crippen LogP) is 0.558. The average molecular weight is 293 g/mol. The Morgan fingerprint density at radius 2 is 2.10 bits per heavy atom. The number of hydrogen-bond donors (Lipinski definition) is 1. The van der Waals surface area contributed by atoms with E-state index in [0.717, 1.165) is 12.0 Å². The monoisotopic (exact) mass is 293 g/mol. The largest absolute Gasteiger partial charge is 0.479 e. The first-order valence-corrected chi connectivity index (χ1v) is 6.90. The SMILES string of the molecule is O=C(O)C1CN(C(=O)COCCc2ccccc2)CCO1. The molecular weight excluding hydrogens is 274 g/mol. The maximum absolute atomic E-state index is 11.9. The van der Waals surface area contributed by atoms with Gasteiger partial charge in [-0.2, -0.15) is 0 Å². The molecule has 0 saturated carbocycles. The van der Waals surface area contributed by atoms with Crippen LogP contribution in [0.5, 0.6) is 0 Å². The minimum atomic E-state index is -1.04. The van der Waals surface area contributed by atoms with Crippen LogP contribution in [0.15, 0.2) is 30.3 Å². The van der Waals surface area contributed by atoms with Crippen molar-refractivity contribution in [3.8, 4) is 0 Å². The molecule has 114 valence electrons. The van der Waals surface area contributed by atoms with Gasteiger partial charge in [0.05, 0.1) is 19.8 Å². The third-order valence-electron chi connectivity index (χ3n) is 3.30. The number of carbonyl (C=O) groups is 2. The van der Waals surface area contributed by atoms with Gasteiger partial charge in [0.2, 0.25) is 5.91 Å². The van der Waals surface area contributed by atoms with Gasteiger partial charge < -0.3 is 19.5 Å². The lowest BCUT2D eigenvalue weighted by Gasteiger charge is -2.30. The molecule has 1 aromatic rings. The number of benzene rings is 1. The second-order valence-corrected chi connectivity index (χ2v) is 4.83. The van der Waals surface area contributed by atoms with Crippen molar-refractivity contribution in [2.75, 3.05) is 32.9 Å². The average Bonchev–Trinajstić information content (AvgIpc) is 2.52. The fourth-order valence-electron chi connectivity index (χ4n) is 2.11. The first-order chi connectivity index (χ1) is 10.2. The highest BCUT2D eigenvalue weighted by atomic mass is 16.5. The van der Waals surface area contributed by atoms with Gasteiger partial charge in [0.25, 0.3) is 0 Å². The number of amides is 1. The van der Waals surface area contributed by atoms with Crippen LogP contribution in [0.25, 0.3) is 0 Å². The molecule has 2 rings (SSSR count). The number of hydrogen-bond acceptors (Lipinski definition) is 4. The zero-order chi connectivity index (χ0) is 15.1. The molecule has 1 aromatic carbocycles. The summed E-state index contributed by atoms with van der Waals surface area (Å²) < 4.78 is 10.4. The Kier molecular flexibility index (Phi) is 5.71. The van der Waals surface area contributed by atoms with E-state index in [9.17, 15) is 9.59 Å². The first-order valence-electron chi connectivity index (χ1n) is 6.90.